The van der Waals surface area contributed by atoms with E-state index in [-0.39, 0.29) is 18.0 Å². The summed E-state index contributed by atoms with van der Waals surface area (Å²) in [6.45, 7) is 2.93. The SMILES string of the molecule is CC1NC2CCCC2COC1c1cccc(F)c1. The van der Waals surface area contributed by atoms with Crippen LogP contribution >= 0.6 is 0 Å². The Kier molecular flexibility index (Phi) is 3.35. The van der Waals surface area contributed by atoms with Crippen LogP contribution in [-0.4, -0.2) is 18.7 Å². The molecule has 3 heteroatoms. The molecule has 0 aromatic heterocycles. The van der Waals surface area contributed by atoms with Crippen molar-refractivity contribution in [2.75, 3.05) is 6.61 Å². The largest absolute Gasteiger partial charge is 0.372 e. The monoisotopic (exact) mass is 249 g/mol. The Morgan fingerprint density at radius 3 is 3.06 bits per heavy atom. The van der Waals surface area contributed by atoms with Gasteiger partial charge in [0.15, 0.2) is 0 Å². The molecule has 1 saturated carbocycles. The average molecular weight is 249 g/mol. The van der Waals surface area contributed by atoms with Gasteiger partial charge in [0.1, 0.15) is 5.82 Å². The zero-order valence-electron chi connectivity index (χ0n) is 10.7. The molecule has 0 spiro atoms. The van der Waals surface area contributed by atoms with Crippen molar-refractivity contribution >= 4 is 0 Å². The van der Waals surface area contributed by atoms with Crippen molar-refractivity contribution in [1.29, 1.82) is 0 Å². The van der Waals surface area contributed by atoms with Gasteiger partial charge >= 0.3 is 0 Å². The van der Waals surface area contributed by atoms with Gasteiger partial charge in [-0.2, -0.15) is 0 Å². The van der Waals surface area contributed by atoms with Crippen LogP contribution in [0, 0.1) is 11.7 Å². The number of fused-ring (bicyclic) bond motifs is 1. The standard InChI is InChI=1S/C15H20FNO/c1-10-15(11-4-2-6-13(16)8-11)18-9-12-5-3-7-14(12)17-10/h2,4,6,8,10,12,14-15,17H,3,5,7,9H2,1H3. The number of benzene rings is 1. The van der Waals surface area contributed by atoms with Crippen LogP contribution in [0.3, 0.4) is 0 Å². The second kappa shape index (κ2) is 4.98. The maximum absolute atomic E-state index is 13.3. The van der Waals surface area contributed by atoms with Crippen molar-refractivity contribution in [2.45, 2.75) is 44.4 Å². The van der Waals surface area contributed by atoms with Crippen molar-refractivity contribution in [3.05, 3.63) is 35.6 Å². The van der Waals surface area contributed by atoms with Gasteiger partial charge in [-0.1, -0.05) is 18.6 Å². The molecule has 3 rings (SSSR count). The van der Waals surface area contributed by atoms with E-state index in [0.29, 0.717) is 12.0 Å². The molecule has 1 aromatic carbocycles. The molecule has 1 aromatic rings. The minimum atomic E-state index is -0.187. The molecule has 4 unspecified atom stereocenters. The molecule has 1 heterocycles. The molecule has 1 aliphatic carbocycles. The third-order valence-corrected chi connectivity index (χ3v) is 4.26. The lowest BCUT2D eigenvalue weighted by Gasteiger charge is -2.24. The summed E-state index contributed by atoms with van der Waals surface area (Å²) in [5.41, 5.74) is 0.940. The van der Waals surface area contributed by atoms with Crippen LogP contribution in [-0.2, 0) is 4.74 Å². The third kappa shape index (κ3) is 2.29. The molecule has 98 valence electrons. The first-order valence-corrected chi connectivity index (χ1v) is 6.87. The Morgan fingerprint density at radius 2 is 2.22 bits per heavy atom. The first-order chi connectivity index (χ1) is 8.74. The van der Waals surface area contributed by atoms with E-state index in [9.17, 15) is 4.39 Å². The number of ether oxygens (including phenoxy) is 1. The summed E-state index contributed by atoms with van der Waals surface area (Å²) in [4.78, 5) is 0. The molecule has 0 radical (unpaired) electrons. The van der Waals surface area contributed by atoms with Crippen LogP contribution in [0.5, 0.6) is 0 Å². The van der Waals surface area contributed by atoms with E-state index < -0.39 is 0 Å². The fourth-order valence-electron chi connectivity index (χ4n) is 3.32. The zero-order chi connectivity index (χ0) is 12.5. The highest BCUT2D eigenvalue weighted by Gasteiger charge is 2.35. The van der Waals surface area contributed by atoms with Crippen LogP contribution in [0.4, 0.5) is 4.39 Å². The van der Waals surface area contributed by atoms with Gasteiger partial charge in [-0.25, -0.2) is 4.39 Å². The molecule has 18 heavy (non-hydrogen) atoms. The van der Waals surface area contributed by atoms with Gasteiger partial charge in [-0.15, -0.1) is 0 Å². The van der Waals surface area contributed by atoms with Gasteiger partial charge in [-0.05, 0) is 43.4 Å². The molecule has 4 atom stereocenters. The Morgan fingerprint density at radius 1 is 1.33 bits per heavy atom. The quantitative estimate of drug-likeness (QED) is 0.826. The van der Waals surface area contributed by atoms with Crippen molar-refractivity contribution in [3.63, 3.8) is 0 Å². The van der Waals surface area contributed by atoms with Crippen LogP contribution < -0.4 is 5.32 Å². The fraction of sp³-hybridized carbons (Fsp3) is 0.600. The maximum atomic E-state index is 13.3. The van der Waals surface area contributed by atoms with E-state index in [1.807, 2.05) is 6.07 Å². The summed E-state index contributed by atoms with van der Waals surface area (Å²) in [6, 6.07) is 7.59. The van der Waals surface area contributed by atoms with Gasteiger partial charge in [0.2, 0.25) is 0 Å². The Hall–Kier alpha value is -0.930. The zero-order valence-corrected chi connectivity index (χ0v) is 10.7. The topological polar surface area (TPSA) is 21.3 Å². The lowest BCUT2D eigenvalue weighted by atomic mass is 10.0. The number of hydrogen-bond acceptors (Lipinski definition) is 2. The number of halogens is 1. The average Bonchev–Trinajstić information content (AvgIpc) is 2.71. The van der Waals surface area contributed by atoms with Crippen LogP contribution in [0.1, 0.15) is 37.9 Å². The summed E-state index contributed by atoms with van der Waals surface area (Å²) in [5, 5.41) is 3.66. The van der Waals surface area contributed by atoms with Crippen molar-refractivity contribution in [2.24, 2.45) is 5.92 Å². The Labute approximate surface area is 108 Å². The highest BCUT2D eigenvalue weighted by Crippen LogP contribution is 2.33. The second-order valence-corrected chi connectivity index (χ2v) is 5.56. The molecular weight excluding hydrogens is 229 g/mol. The van der Waals surface area contributed by atoms with Crippen molar-refractivity contribution < 1.29 is 9.13 Å². The number of nitrogens with one attached hydrogen (secondary N) is 1. The molecule has 0 bridgehead atoms. The minimum Gasteiger partial charge on any atom is -0.372 e. The molecule has 0 amide bonds. The van der Waals surface area contributed by atoms with E-state index in [0.717, 1.165) is 12.2 Å². The molecule has 2 aliphatic rings. The molecule has 1 N–H and O–H groups in total. The number of hydrogen-bond donors (Lipinski definition) is 1. The van der Waals surface area contributed by atoms with E-state index in [4.69, 9.17) is 4.74 Å². The fourth-order valence-corrected chi connectivity index (χ4v) is 3.32. The Balaban J connectivity index is 1.80. The van der Waals surface area contributed by atoms with Crippen molar-refractivity contribution in [1.82, 2.24) is 5.32 Å². The Bertz CT molecular complexity index is 423. The summed E-state index contributed by atoms with van der Waals surface area (Å²) >= 11 is 0. The van der Waals surface area contributed by atoms with Gasteiger partial charge < -0.3 is 10.1 Å². The van der Waals surface area contributed by atoms with Crippen LogP contribution in [0.15, 0.2) is 24.3 Å². The molecular formula is C15H20FNO. The van der Waals surface area contributed by atoms with Crippen LogP contribution in [0.2, 0.25) is 0 Å². The van der Waals surface area contributed by atoms with E-state index in [2.05, 4.69) is 12.2 Å². The lowest BCUT2D eigenvalue weighted by Crippen LogP contribution is -2.39. The smallest absolute Gasteiger partial charge is 0.123 e. The molecule has 2 fully saturated rings. The molecule has 1 saturated heterocycles. The van der Waals surface area contributed by atoms with Gasteiger partial charge in [0.05, 0.1) is 12.7 Å². The minimum absolute atomic E-state index is 0.0358. The lowest BCUT2D eigenvalue weighted by molar-refractivity contribution is 0.0305. The van der Waals surface area contributed by atoms with E-state index in [1.165, 1.54) is 25.3 Å². The predicted octanol–water partition coefficient (Wildman–Crippen LogP) is 3.04. The molecule has 1 aliphatic heterocycles. The highest BCUT2D eigenvalue weighted by atomic mass is 19.1. The summed E-state index contributed by atoms with van der Waals surface area (Å²) in [5.74, 6) is 0.443. The number of rotatable bonds is 1. The predicted molar refractivity (Wildman–Crippen MR) is 68.8 cm³/mol. The summed E-state index contributed by atoms with van der Waals surface area (Å²) in [6.07, 6.45) is 3.75. The van der Waals surface area contributed by atoms with Gasteiger partial charge in [0.25, 0.3) is 0 Å². The second-order valence-electron chi connectivity index (χ2n) is 5.56. The van der Waals surface area contributed by atoms with Crippen molar-refractivity contribution in [3.8, 4) is 0 Å². The highest BCUT2D eigenvalue weighted by molar-refractivity contribution is 5.20. The normalized spacial score (nSPS) is 36.1. The first kappa shape index (κ1) is 12.1. The van der Waals surface area contributed by atoms with Gasteiger partial charge in [-0.3, -0.25) is 0 Å². The maximum Gasteiger partial charge on any atom is 0.123 e. The van der Waals surface area contributed by atoms with Gasteiger partial charge in [0, 0.05) is 12.1 Å². The molecule has 2 nitrogen and oxygen atoms in total. The summed E-state index contributed by atoms with van der Waals surface area (Å²) in [7, 11) is 0. The van der Waals surface area contributed by atoms with E-state index in [1.54, 1.807) is 12.1 Å². The summed E-state index contributed by atoms with van der Waals surface area (Å²) < 4.78 is 19.3. The van der Waals surface area contributed by atoms with E-state index >= 15 is 0 Å². The van der Waals surface area contributed by atoms with Crippen LogP contribution in [0.25, 0.3) is 0 Å². The third-order valence-electron chi connectivity index (χ3n) is 4.26. The first-order valence-electron chi connectivity index (χ1n) is 6.87.